The van der Waals surface area contributed by atoms with Gasteiger partial charge in [0.05, 0.1) is 6.54 Å². The number of likely N-dealkylation sites (tertiary alicyclic amines) is 1. The van der Waals surface area contributed by atoms with Gasteiger partial charge in [-0.2, -0.15) is 0 Å². The van der Waals surface area contributed by atoms with Gasteiger partial charge >= 0.3 is 0 Å². The van der Waals surface area contributed by atoms with Crippen molar-refractivity contribution in [2.75, 3.05) is 19.6 Å². The molecule has 33 heavy (non-hydrogen) atoms. The lowest BCUT2D eigenvalue weighted by Gasteiger charge is -2.38. The first-order chi connectivity index (χ1) is 15.9. The molecule has 1 fully saturated rings. The van der Waals surface area contributed by atoms with Gasteiger partial charge in [0.2, 0.25) is 0 Å². The maximum atomic E-state index is 12.7. The molecule has 2 N–H and O–H groups in total. The zero-order valence-corrected chi connectivity index (χ0v) is 21.1. The highest BCUT2D eigenvalue weighted by atomic mass is 79.9. The molecule has 1 atom stereocenters. The van der Waals surface area contributed by atoms with Gasteiger partial charge in [-0.1, -0.05) is 54.4 Å². The summed E-state index contributed by atoms with van der Waals surface area (Å²) in [4.78, 5) is 15.3. The van der Waals surface area contributed by atoms with Gasteiger partial charge in [-0.15, -0.1) is 0 Å². The fourth-order valence-electron chi connectivity index (χ4n) is 4.98. The van der Waals surface area contributed by atoms with Crippen LogP contribution in [0.3, 0.4) is 0 Å². The van der Waals surface area contributed by atoms with Crippen LogP contribution in [0.2, 0.25) is 0 Å². The summed E-state index contributed by atoms with van der Waals surface area (Å²) in [7, 11) is 0. The zero-order chi connectivity index (χ0) is 23.4. The van der Waals surface area contributed by atoms with Crippen LogP contribution in [0.4, 0.5) is 0 Å². The smallest absolute Gasteiger partial charge is 0.251 e. The number of hydrogen-bond acceptors (Lipinski definition) is 3. The summed E-state index contributed by atoms with van der Waals surface area (Å²) in [5.41, 5.74) is 1.67. The molecule has 1 aliphatic heterocycles. The molecule has 176 valence electrons. The zero-order valence-electron chi connectivity index (χ0n) is 19.6. The van der Waals surface area contributed by atoms with Crippen molar-refractivity contribution < 1.29 is 9.90 Å². The average molecular weight is 512 g/mol. The van der Waals surface area contributed by atoms with Gasteiger partial charge in [-0.05, 0) is 61.6 Å². The summed E-state index contributed by atoms with van der Waals surface area (Å²) in [5, 5.41) is 15.4. The monoisotopic (exact) mass is 511 g/mol. The molecule has 0 radical (unpaired) electrons. The molecule has 1 unspecified atom stereocenters. The van der Waals surface area contributed by atoms with E-state index in [0.29, 0.717) is 36.0 Å². The maximum absolute atomic E-state index is 12.7. The van der Waals surface area contributed by atoms with Gasteiger partial charge in [0.25, 0.3) is 5.91 Å². The lowest BCUT2D eigenvalue weighted by atomic mass is 9.92. The normalized spacial score (nSPS) is 17.0. The fourth-order valence-corrected chi connectivity index (χ4v) is 5.42. The number of halogens is 1. The largest absolute Gasteiger partial charge is 0.494 e. The number of benzene rings is 2. The second kappa shape index (κ2) is 10.7. The molecule has 0 aliphatic carbocycles. The van der Waals surface area contributed by atoms with E-state index in [2.05, 4.69) is 40.0 Å². The second-order valence-corrected chi connectivity index (χ2v) is 10.4. The van der Waals surface area contributed by atoms with E-state index in [4.69, 9.17) is 0 Å². The van der Waals surface area contributed by atoms with Gasteiger partial charge < -0.3 is 19.9 Å². The lowest BCUT2D eigenvalue weighted by molar-refractivity contribution is 0.0937. The molecule has 1 amide bonds. The summed E-state index contributed by atoms with van der Waals surface area (Å²) in [6, 6.07) is 14.2. The Hall–Kier alpha value is -2.31. The highest BCUT2D eigenvalue weighted by molar-refractivity contribution is 9.10. The average Bonchev–Trinajstić information content (AvgIpc) is 3.11. The SMILES string of the molecule is CC(C)C1CCCCN1CCCNC(=O)c1ccc2cn(Cc3cccc(Br)c3)c(O)c2c1. The van der Waals surface area contributed by atoms with Crippen molar-refractivity contribution in [1.82, 2.24) is 14.8 Å². The summed E-state index contributed by atoms with van der Waals surface area (Å²) >= 11 is 3.49. The molecule has 0 bridgehead atoms. The van der Waals surface area contributed by atoms with Crippen molar-refractivity contribution in [2.24, 2.45) is 5.92 Å². The molecule has 6 heteroatoms. The summed E-state index contributed by atoms with van der Waals surface area (Å²) in [6.07, 6.45) is 6.77. The Morgan fingerprint density at radius 2 is 2.06 bits per heavy atom. The molecule has 1 aromatic heterocycles. The number of aromatic hydroxyl groups is 1. The van der Waals surface area contributed by atoms with Crippen LogP contribution in [0, 0.1) is 5.92 Å². The number of hydrogen-bond donors (Lipinski definition) is 2. The highest BCUT2D eigenvalue weighted by Crippen LogP contribution is 2.29. The Bertz CT molecular complexity index is 1110. The van der Waals surface area contributed by atoms with Crippen LogP contribution in [0.15, 0.2) is 53.1 Å². The minimum absolute atomic E-state index is 0.0879. The number of carbonyl (C=O) groups excluding carboxylic acids is 1. The van der Waals surface area contributed by atoms with Crippen molar-refractivity contribution in [2.45, 2.75) is 52.1 Å². The van der Waals surface area contributed by atoms with Gasteiger partial charge in [0.1, 0.15) is 0 Å². The Morgan fingerprint density at radius 3 is 2.85 bits per heavy atom. The van der Waals surface area contributed by atoms with Gasteiger partial charge in [-0.25, -0.2) is 0 Å². The van der Waals surface area contributed by atoms with E-state index in [1.54, 1.807) is 6.07 Å². The summed E-state index contributed by atoms with van der Waals surface area (Å²) < 4.78 is 2.83. The van der Waals surface area contributed by atoms with Gasteiger partial charge in [-0.3, -0.25) is 4.79 Å². The van der Waals surface area contributed by atoms with E-state index >= 15 is 0 Å². The van der Waals surface area contributed by atoms with Crippen LogP contribution in [-0.2, 0) is 6.54 Å². The highest BCUT2D eigenvalue weighted by Gasteiger charge is 2.24. The molecule has 0 spiro atoms. The van der Waals surface area contributed by atoms with Gasteiger partial charge in [0.15, 0.2) is 5.88 Å². The van der Waals surface area contributed by atoms with E-state index in [9.17, 15) is 9.90 Å². The number of amides is 1. The van der Waals surface area contributed by atoms with Crippen LogP contribution in [0.25, 0.3) is 10.8 Å². The first kappa shape index (κ1) is 23.8. The van der Waals surface area contributed by atoms with E-state index in [-0.39, 0.29) is 11.8 Å². The molecular weight excluding hydrogens is 478 g/mol. The molecule has 4 rings (SSSR count). The van der Waals surface area contributed by atoms with Crippen LogP contribution < -0.4 is 5.32 Å². The third-order valence-electron chi connectivity index (χ3n) is 6.71. The molecule has 2 aromatic carbocycles. The minimum Gasteiger partial charge on any atom is -0.494 e. The third kappa shape index (κ3) is 5.79. The number of nitrogens with one attached hydrogen (secondary N) is 1. The van der Waals surface area contributed by atoms with Crippen molar-refractivity contribution in [1.29, 1.82) is 0 Å². The number of piperidine rings is 1. The second-order valence-electron chi connectivity index (χ2n) is 9.47. The molecular formula is C27H34BrN3O2. The molecule has 3 aromatic rings. The number of carbonyl (C=O) groups is 1. The quantitative estimate of drug-likeness (QED) is 0.376. The third-order valence-corrected chi connectivity index (χ3v) is 7.20. The molecule has 0 saturated carbocycles. The molecule has 2 heterocycles. The first-order valence-corrected chi connectivity index (χ1v) is 12.8. The molecule has 5 nitrogen and oxygen atoms in total. The predicted molar refractivity (Wildman–Crippen MR) is 138 cm³/mol. The minimum atomic E-state index is -0.0879. The van der Waals surface area contributed by atoms with E-state index in [1.165, 1.54) is 25.8 Å². The van der Waals surface area contributed by atoms with Crippen molar-refractivity contribution >= 4 is 32.6 Å². The summed E-state index contributed by atoms with van der Waals surface area (Å²) in [6.45, 7) is 8.04. The summed E-state index contributed by atoms with van der Waals surface area (Å²) in [5.74, 6) is 0.773. The Balaban J connectivity index is 1.36. The van der Waals surface area contributed by atoms with E-state index in [1.807, 2.05) is 47.2 Å². The topological polar surface area (TPSA) is 57.5 Å². The first-order valence-electron chi connectivity index (χ1n) is 12.0. The molecule has 1 saturated heterocycles. The van der Waals surface area contributed by atoms with Crippen molar-refractivity contribution in [3.8, 4) is 5.88 Å². The standard InChI is InChI=1S/C27H34BrN3O2/c1-19(2)25-9-3-4-13-30(25)14-6-12-29-26(32)21-10-11-22-18-31(27(33)24(22)16-21)17-20-7-5-8-23(28)15-20/h5,7-8,10-11,15-16,18-19,25,33H,3-4,6,9,12-14,17H2,1-2H3,(H,29,32). The van der Waals surface area contributed by atoms with Crippen LogP contribution in [0.1, 0.15) is 55.5 Å². The van der Waals surface area contributed by atoms with Crippen molar-refractivity contribution in [3.63, 3.8) is 0 Å². The maximum Gasteiger partial charge on any atom is 0.251 e. The number of rotatable bonds is 8. The number of fused-ring (bicyclic) bond motifs is 1. The molecule has 1 aliphatic rings. The Kier molecular flexibility index (Phi) is 7.76. The van der Waals surface area contributed by atoms with Crippen molar-refractivity contribution in [3.05, 3.63) is 64.3 Å². The van der Waals surface area contributed by atoms with Crippen LogP contribution in [0.5, 0.6) is 5.88 Å². The number of nitrogens with zero attached hydrogens (tertiary/aromatic N) is 2. The predicted octanol–water partition coefficient (Wildman–Crippen LogP) is 5.79. The Labute approximate surface area is 204 Å². The lowest BCUT2D eigenvalue weighted by Crippen LogP contribution is -2.43. The van der Waals surface area contributed by atoms with Crippen LogP contribution >= 0.6 is 15.9 Å². The van der Waals surface area contributed by atoms with Gasteiger partial charge in [0, 0.05) is 46.1 Å². The Morgan fingerprint density at radius 1 is 1.21 bits per heavy atom. The van der Waals surface area contributed by atoms with Crippen LogP contribution in [-0.4, -0.2) is 46.2 Å². The number of aromatic nitrogens is 1. The fraction of sp³-hybridized carbons (Fsp3) is 0.444. The van der Waals surface area contributed by atoms with E-state index in [0.717, 1.165) is 28.4 Å². The van der Waals surface area contributed by atoms with E-state index < -0.39 is 0 Å².